The Balaban J connectivity index is 2.20. The second-order valence-electron chi connectivity index (χ2n) is 4.28. The van der Waals surface area contributed by atoms with E-state index < -0.39 is 5.60 Å². The van der Waals surface area contributed by atoms with Crippen LogP contribution in [0.4, 0.5) is 0 Å². The van der Waals surface area contributed by atoms with Crippen LogP contribution in [-0.2, 0) is 13.5 Å². The lowest BCUT2D eigenvalue weighted by Crippen LogP contribution is -2.36. The molecule has 0 aromatic carbocycles. The highest BCUT2D eigenvalue weighted by molar-refractivity contribution is 5.47. The highest BCUT2D eigenvalue weighted by Crippen LogP contribution is 2.16. The first-order chi connectivity index (χ1) is 8.02. The summed E-state index contributed by atoms with van der Waals surface area (Å²) in [6.07, 6.45) is 3.53. The van der Waals surface area contributed by atoms with Crippen LogP contribution in [-0.4, -0.2) is 36.9 Å². The summed E-state index contributed by atoms with van der Waals surface area (Å²) in [4.78, 5) is 8.16. The summed E-state index contributed by atoms with van der Waals surface area (Å²) >= 11 is 0. The molecule has 92 valence electrons. The van der Waals surface area contributed by atoms with Gasteiger partial charge in [-0.2, -0.15) is 4.98 Å². The first kappa shape index (κ1) is 11.7. The minimum Gasteiger partial charge on any atom is -0.388 e. The number of aromatic nitrogens is 4. The first-order valence-electron chi connectivity index (χ1n) is 5.23. The number of aliphatic hydroxyl groups is 1. The maximum atomic E-state index is 9.80. The van der Waals surface area contributed by atoms with Gasteiger partial charge in [-0.15, -0.1) is 0 Å². The molecule has 0 aliphatic rings. The summed E-state index contributed by atoms with van der Waals surface area (Å²) in [5, 5.41) is 13.6. The molecule has 17 heavy (non-hydrogen) atoms. The number of nitrogens with zero attached hydrogens (tertiary/aromatic N) is 4. The second-order valence-corrected chi connectivity index (χ2v) is 4.28. The minimum atomic E-state index is -1.03. The van der Waals surface area contributed by atoms with E-state index in [1.807, 2.05) is 7.05 Å². The molecule has 0 fully saturated rings. The lowest BCUT2D eigenvalue weighted by Gasteiger charge is -2.17. The molecule has 2 rings (SSSR count). The van der Waals surface area contributed by atoms with E-state index in [1.54, 1.807) is 24.0 Å². The van der Waals surface area contributed by atoms with E-state index >= 15 is 0 Å². The number of aryl methyl sites for hydroxylation is 1. The molecule has 2 aromatic heterocycles. The second kappa shape index (κ2) is 4.27. The van der Waals surface area contributed by atoms with Gasteiger partial charge in [0.15, 0.2) is 0 Å². The smallest absolute Gasteiger partial charge is 0.229 e. The maximum Gasteiger partial charge on any atom is 0.229 e. The van der Waals surface area contributed by atoms with Gasteiger partial charge < -0.3 is 19.9 Å². The van der Waals surface area contributed by atoms with Crippen LogP contribution in [0, 0.1) is 0 Å². The number of hydrogen-bond donors (Lipinski definition) is 2. The predicted molar refractivity (Wildman–Crippen MR) is 59.9 cm³/mol. The van der Waals surface area contributed by atoms with E-state index in [4.69, 9.17) is 10.3 Å². The molecule has 1 atom stereocenters. The van der Waals surface area contributed by atoms with E-state index in [1.165, 1.54) is 0 Å². The molecule has 2 aromatic rings. The zero-order valence-electron chi connectivity index (χ0n) is 9.79. The van der Waals surface area contributed by atoms with Crippen molar-refractivity contribution in [2.45, 2.75) is 18.9 Å². The third-order valence-electron chi connectivity index (χ3n) is 2.49. The summed E-state index contributed by atoms with van der Waals surface area (Å²) in [6, 6.07) is 0. The van der Waals surface area contributed by atoms with Crippen LogP contribution in [0.15, 0.2) is 17.0 Å². The molecule has 0 amide bonds. The zero-order chi connectivity index (χ0) is 12.5. The maximum absolute atomic E-state index is 9.80. The van der Waals surface area contributed by atoms with Crippen molar-refractivity contribution in [3.05, 3.63) is 18.4 Å². The molecule has 0 spiro atoms. The Hall–Kier alpha value is -1.73. The van der Waals surface area contributed by atoms with Crippen molar-refractivity contribution in [1.82, 2.24) is 19.7 Å². The van der Waals surface area contributed by atoms with Crippen LogP contribution in [0.2, 0.25) is 0 Å². The lowest BCUT2D eigenvalue weighted by atomic mass is 10.0. The Bertz CT molecular complexity index is 502. The highest BCUT2D eigenvalue weighted by atomic mass is 16.5. The molecular weight excluding hydrogens is 222 g/mol. The van der Waals surface area contributed by atoms with Crippen LogP contribution in [0.25, 0.3) is 11.5 Å². The molecule has 3 N–H and O–H groups in total. The Morgan fingerprint density at radius 1 is 1.59 bits per heavy atom. The monoisotopic (exact) mass is 237 g/mol. The molecule has 0 aliphatic carbocycles. The first-order valence-corrected chi connectivity index (χ1v) is 5.23. The minimum absolute atomic E-state index is 0.135. The SMILES string of the molecule is Cn1cncc1-c1noc(CC(C)(O)CN)n1. The third kappa shape index (κ3) is 2.51. The van der Waals surface area contributed by atoms with Crippen molar-refractivity contribution in [3.8, 4) is 11.5 Å². The quantitative estimate of drug-likeness (QED) is 0.758. The van der Waals surface area contributed by atoms with Crippen LogP contribution in [0.1, 0.15) is 12.8 Å². The van der Waals surface area contributed by atoms with Crippen molar-refractivity contribution < 1.29 is 9.63 Å². The molecule has 7 nitrogen and oxygen atoms in total. The molecule has 2 heterocycles. The Morgan fingerprint density at radius 3 is 2.94 bits per heavy atom. The van der Waals surface area contributed by atoms with Crippen LogP contribution in [0.5, 0.6) is 0 Å². The molecule has 0 bridgehead atoms. The van der Waals surface area contributed by atoms with Crippen molar-refractivity contribution in [2.24, 2.45) is 12.8 Å². The molecule has 0 saturated carbocycles. The number of rotatable bonds is 4. The van der Waals surface area contributed by atoms with Gasteiger partial charge in [-0.25, -0.2) is 4.98 Å². The summed E-state index contributed by atoms with van der Waals surface area (Å²) in [7, 11) is 1.84. The van der Waals surface area contributed by atoms with Crippen LogP contribution in [0.3, 0.4) is 0 Å². The van der Waals surface area contributed by atoms with Crippen molar-refractivity contribution in [1.29, 1.82) is 0 Å². The predicted octanol–water partition coefficient (Wildman–Crippen LogP) is -0.278. The zero-order valence-corrected chi connectivity index (χ0v) is 9.79. The van der Waals surface area contributed by atoms with Crippen LogP contribution >= 0.6 is 0 Å². The number of nitrogens with two attached hydrogens (primary N) is 1. The van der Waals surface area contributed by atoms with Gasteiger partial charge in [0.05, 0.1) is 24.5 Å². The summed E-state index contributed by atoms with van der Waals surface area (Å²) in [6.45, 7) is 1.76. The molecule has 0 radical (unpaired) electrons. The fourth-order valence-electron chi connectivity index (χ4n) is 1.40. The molecule has 0 saturated heterocycles. The lowest BCUT2D eigenvalue weighted by molar-refractivity contribution is 0.0610. The van der Waals surface area contributed by atoms with E-state index in [-0.39, 0.29) is 13.0 Å². The Labute approximate surface area is 98.3 Å². The Kier molecular flexibility index (Phi) is 2.95. The largest absolute Gasteiger partial charge is 0.388 e. The van der Waals surface area contributed by atoms with Gasteiger partial charge in [0.2, 0.25) is 11.7 Å². The van der Waals surface area contributed by atoms with Gasteiger partial charge in [-0.1, -0.05) is 5.16 Å². The van der Waals surface area contributed by atoms with Crippen LogP contribution < -0.4 is 5.73 Å². The summed E-state index contributed by atoms with van der Waals surface area (Å²) in [5.74, 6) is 0.810. The third-order valence-corrected chi connectivity index (χ3v) is 2.49. The number of imidazole rings is 1. The van der Waals surface area contributed by atoms with E-state index in [9.17, 15) is 5.11 Å². The Morgan fingerprint density at radius 2 is 2.35 bits per heavy atom. The van der Waals surface area contributed by atoms with Gasteiger partial charge in [-0.3, -0.25) is 0 Å². The van der Waals surface area contributed by atoms with Crippen molar-refractivity contribution >= 4 is 0 Å². The van der Waals surface area contributed by atoms with Gasteiger partial charge in [0.1, 0.15) is 5.69 Å². The van der Waals surface area contributed by atoms with Gasteiger partial charge in [-0.05, 0) is 6.92 Å². The highest BCUT2D eigenvalue weighted by Gasteiger charge is 2.23. The topological polar surface area (TPSA) is 103 Å². The molecular formula is C10H15N5O2. The summed E-state index contributed by atoms with van der Waals surface area (Å²) in [5.41, 5.74) is 5.15. The molecule has 0 aliphatic heterocycles. The van der Waals surface area contributed by atoms with Crippen molar-refractivity contribution in [2.75, 3.05) is 6.54 Å². The summed E-state index contributed by atoms with van der Waals surface area (Å²) < 4.78 is 6.85. The number of hydrogen-bond acceptors (Lipinski definition) is 6. The van der Waals surface area contributed by atoms with E-state index in [0.29, 0.717) is 11.7 Å². The molecule has 1 unspecified atom stereocenters. The average Bonchev–Trinajstić information content (AvgIpc) is 2.86. The average molecular weight is 237 g/mol. The van der Waals surface area contributed by atoms with E-state index in [0.717, 1.165) is 5.69 Å². The molecule has 7 heteroatoms. The fraction of sp³-hybridized carbons (Fsp3) is 0.500. The normalized spacial score (nSPS) is 14.8. The van der Waals surface area contributed by atoms with E-state index in [2.05, 4.69) is 15.1 Å². The fourth-order valence-corrected chi connectivity index (χ4v) is 1.40. The van der Waals surface area contributed by atoms with Crippen molar-refractivity contribution in [3.63, 3.8) is 0 Å². The van der Waals surface area contributed by atoms with Gasteiger partial charge in [0, 0.05) is 13.6 Å². The van der Waals surface area contributed by atoms with Gasteiger partial charge in [0.25, 0.3) is 0 Å². The van der Waals surface area contributed by atoms with Gasteiger partial charge >= 0.3 is 0 Å². The standard InChI is InChI=1S/C10H15N5O2/c1-10(16,5-11)3-8-13-9(14-17-8)7-4-12-6-15(7)2/h4,6,16H,3,5,11H2,1-2H3.